The van der Waals surface area contributed by atoms with Gasteiger partial charge in [-0.05, 0) is 28.5 Å². The molecule has 2 rings (SSSR count). The van der Waals surface area contributed by atoms with Crippen molar-refractivity contribution in [3.8, 4) is 0 Å². The largest absolute Gasteiger partial charge is 0.273 e. The van der Waals surface area contributed by atoms with E-state index in [1.54, 1.807) is 17.6 Å². The molecule has 0 saturated heterocycles. The summed E-state index contributed by atoms with van der Waals surface area (Å²) in [4.78, 5) is 12.7. The predicted octanol–water partition coefficient (Wildman–Crippen LogP) is 3.56. The molecule has 0 fully saturated rings. The normalized spacial score (nSPS) is 11.2. The van der Waals surface area contributed by atoms with Gasteiger partial charge in [0.05, 0.1) is 12.6 Å². The molecule has 0 aliphatic rings. The summed E-state index contributed by atoms with van der Waals surface area (Å²) in [5.74, 6) is 0.425. The van der Waals surface area contributed by atoms with Gasteiger partial charge in [0.15, 0.2) is 0 Å². The number of thiophene rings is 1. The SMILES string of the molecule is CC(C)c1ccc(/C=N/NC(=O)Cc2cccs2)cc1. The van der Waals surface area contributed by atoms with Gasteiger partial charge in [-0.3, -0.25) is 4.79 Å². The van der Waals surface area contributed by atoms with Gasteiger partial charge in [0.1, 0.15) is 0 Å². The second-order valence-corrected chi connectivity index (χ2v) is 5.90. The van der Waals surface area contributed by atoms with E-state index in [0.29, 0.717) is 12.3 Å². The highest BCUT2D eigenvalue weighted by molar-refractivity contribution is 7.10. The fraction of sp³-hybridized carbons (Fsp3) is 0.250. The van der Waals surface area contributed by atoms with Crippen LogP contribution in [-0.4, -0.2) is 12.1 Å². The van der Waals surface area contributed by atoms with Crippen LogP contribution in [-0.2, 0) is 11.2 Å². The highest BCUT2D eigenvalue weighted by atomic mass is 32.1. The van der Waals surface area contributed by atoms with Crippen molar-refractivity contribution in [3.63, 3.8) is 0 Å². The number of nitrogens with zero attached hydrogens (tertiary/aromatic N) is 1. The third-order valence-corrected chi connectivity index (χ3v) is 3.80. The molecule has 0 aliphatic heterocycles. The molecule has 0 aliphatic carbocycles. The van der Waals surface area contributed by atoms with Crippen LogP contribution in [0, 0.1) is 0 Å². The summed E-state index contributed by atoms with van der Waals surface area (Å²) in [7, 11) is 0. The first-order valence-corrected chi connectivity index (χ1v) is 7.47. The lowest BCUT2D eigenvalue weighted by Crippen LogP contribution is -2.19. The molecular formula is C16H18N2OS. The minimum Gasteiger partial charge on any atom is -0.273 e. The molecule has 0 unspecified atom stereocenters. The lowest BCUT2D eigenvalue weighted by molar-refractivity contribution is -0.120. The Morgan fingerprint density at radius 2 is 2.05 bits per heavy atom. The summed E-state index contributed by atoms with van der Waals surface area (Å²) in [6, 6.07) is 12.1. The molecule has 1 aromatic heterocycles. The van der Waals surface area contributed by atoms with Crippen molar-refractivity contribution in [1.29, 1.82) is 0 Å². The number of benzene rings is 1. The van der Waals surface area contributed by atoms with Crippen LogP contribution in [0.5, 0.6) is 0 Å². The number of carbonyl (C=O) groups excluding carboxylic acids is 1. The Morgan fingerprint density at radius 1 is 1.30 bits per heavy atom. The van der Waals surface area contributed by atoms with Gasteiger partial charge in [0, 0.05) is 4.88 Å². The average Bonchev–Trinajstić information content (AvgIpc) is 2.92. The van der Waals surface area contributed by atoms with Crippen LogP contribution in [0.25, 0.3) is 0 Å². The molecule has 3 nitrogen and oxygen atoms in total. The number of nitrogens with one attached hydrogen (secondary N) is 1. The predicted molar refractivity (Wildman–Crippen MR) is 84.3 cm³/mol. The van der Waals surface area contributed by atoms with Crippen LogP contribution in [0.2, 0.25) is 0 Å². The topological polar surface area (TPSA) is 41.5 Å². The van der Waals surface area contributed by atoms with Crippen molar-refractivity contribution < 1.29 is 4.79 Å². The molecule has 4 heteroatoms. The molecule has 20 heavy (non-hydrogen) atoms. The maximum Gasteiger partial charge on any atom is 0.245 e. The minimum absolute atomic E-state index is 0.0949. The summed E-state index contributed by atoms with van der Waals surface area (Å²) in [5.41, 5.74) is 4.82. The molecule has 1 aromatic carbocycles. The van der Waals surface area contributed by atoms with Crippen LogP contribution >= 0.6 is 11.3 Å². The highest BCUT2D eigenvalue weighted by Gasteiger charge is 2.02. The summed E-state index contributed by atoms with van der Waals surface area (Å²) >= 11 is 1.57. The minimum atomic E-state index is -0.0949. The van der Waals surface area contributed by atoms with Crippen LogP contribution in [0.3, 0.4) is 0 Å². The van der Waals surface area contributed by atoms with Crippen molar-refractivity contribution in [2.75, 3.05) is 0 Å². The Labute approximate surface area is 123 Å². The molecule has 1 amide bonds. The molecule has 1 heterocycles. The second kappa shape index (κ2) is 7.01. The standard InChI is InChI=1S/C16H18N2OS/c1-12(2)14-7-5-13(6-8-14)11-17-18-16(19)10-15-4-3-9-20-15/h3-9,11-12H,10H2,1-2H3,(H,18,19)/b17-11+. The summed E-state index contributed by atoms with van der Waals surface area (Å²) in [6.07, 6.45) is 2.04. The van der Waals surface area contributed by atoms with Crippen molar-refractivity contribution in [2.45, 2.75) is 26.2 Å². The summed E-state index contributed by atoms with van der Waals surface area (Å²) < 4.78 is 0. The van der Waals surface area contributed by atoms with Gasteiger partial charge in [-0.1, -0.05) is 44.2 Å². The van der Waals surface area contributed by atoms with Crippen molar-refractivity contribution in [3.05, 3.63) is 57.8 Å². The summed E-state index contributed by atoms with van der Waals surface area (Å²) in [5, 5.41) is 5.94. The maximum absolute atomic E-state index is 11.6. The molecule has 0 atom stereocenters. The maximum atomic E-state index is 11.6. The van der Waals surface area contributed by atoms with Crippen molar-refractivity contribution in [1.82, 2.24) is 5.43 Å². The zero-order valence-corrected chi connectivity index (χ0v) is 12.5. The van der Waals surface area contributed by atoms with E-state index in [9.17, 15) is 4.79 Å². The van der Waals surface area contributed by atoms with Gasteiger partial charge in [0.25, 0.3) is 0 Å². The molecule has 104 valence electrons. The van der Waals surface area contributed by atoms with E-state index >= 15 is 0 Å². The Balaban J connectivity index is 1.85. The van der Waals surface area contributed by atoms with Gasteiger partial charge < -0.3 is 0 Å². The Kier molecular flexibility index (Phi) is 5.07. The molecule has 0 bridgehead atoms. The molecule has 0 radical (unpaired) electrons. The number of rotatable bonds is 5. The highest BCUT2D eigenvalue weighted by Crippen LogP contribution is 2.13. The first-order valence-electron chi connectivity index (χ1n) is 6.59. The number of amides is 1. The van der Waals surface area contributed by atoms with E-state index in [0.717, 1.165) is 10.4 Å². The quantitative estimate of drug-likeness (QED) is 0.662. The second-order valence-electron chi connectivity index (χ2n) is 4.87. The van der Waals surface area contributed by atoms with E-state index in [1.165, 1.54) is 5.56 Å². The lowest BCUT2D eigenvalue weighted by Gasteiger charge is -2.04. The fourth-order valence-electron chi connectivity index (χ4n) is 1.76. The van der Waals surface area contributed by atoms with Crippen LogP contribution < -0.4 is 5.43 Å². The zero-order valence-electron chi connectivity index (χ0n) is 11.7. The first kappa shape index (κ1) is 14.5. The third-order valence-electron chi connectivity index (χ3n) is 2.92. The number of hydrazone groups is 1. The Bertz CT molecular complexity index is 571. The van der Waals surface area contributed by atoms with Crippen molar-refractivity contribution >= 4 is 23.5 Å². The van der Waals surface area contributed by atoms with Gasteiger partial charge in [-0.2, -0.15) is 5.10 Å². The van der Waals surface area contributed by atoms with Gasteiger partial charge >= 0.3 is 0 Å². The molecule has 0 saturated carbocycles. The Hall–Kier alpha value is -1.94. The van der Waals surface area contributed by atoms with Crippen LogP contribution in [0.4, 0.5) is 0 Å². The van der Waals surface area contributed by atoms with Gasteiger partial charge in [0.2, 0.25) is 5.91 Å². The van der Waals surface area contributed by atoms with Gasteiger partial charge in [-0.15, -0.1) is 11.3 Å². The third kappa shape index (κ3) is 4.31. The van der Waals surface area contributed by atoms with E-state index < -0.39 is 0 Å². The average molecular weight is 286 g/mol. The van der Waals surface area contributed by atoms with Crippen LogP contribution in [0.15, 0.2) is 46.9 Å². The number of carbonyl (C=O) groups is 1. The van der Waals surface area contributed by atoms with E-state index in [1.807, 2.05) is 29.6 Å². The monoisotopic (exact) mass is 286 g/mol. The summed E-state index contributed by atoms with van der Waals surface area (Å²) in [6.45, 7) is 4.32. The molecular weight excluding hydrogens is 268 g/mol. The fourth-order valence-corrected chi connectivity index (χ4v) is 2.46. The Morgan fingerprint density at radius 3 is 2.65 bits per heavy atom. The lowest BCUT2D eigenvalue weighted by atomic mass is 10.0. The number of hydrogen-bond acceptors (Lipinski definition) is 3. The molecule has 0 spiro atoms. The van der Waals surface area contributed by atoms with E-state index in [2.05, 4.69) is 36.5 Å². The van der Waals surface area contributed by atoms with E-state index in [4.69, 9.17) is 0 Å². The first-order chi connectivity index (χ1) is 9.65. The smallest absolute Gasteiger partial charge is 0.245 e. The molecule has 1 N–H and O–H groups in total. The van der Waals surface area contributed by atoms with Gasteiger partial charge in [-0.25, -0.2) is 5.43 Å². The van der Waals surface area contributed by atoms with Crippen LogP contribution in [0.1, 0.15) is 35.8 Å². The molecule has 2 aromatic rings. The van der Waals surface area contributed by atoms with Crippen molar-refractivity contribution in [2.24, 2.45) is 5.10 Å². The zero-order chi connectivity index (χ0) is 14.4. The van der Waals surface area contributed by atoms with E-state index in [-0.39, 0.29) is 5.91 Å². The number of hydrogen-bond donors (Lipinski definition) is 1.